The summed E-state index contributed by atoms with van der Waals surface area (Å²) in [6.45, 7) is 18.2. The number of pyridine rings is 2. The third kappa shape index (κ3) is 16.4. The second-order valence-electron chi connectivity index (χ2n) is 23.1. The predicted molar refractivity (Wildman–Crippen MR) is 376 cm³/mol. The van der Waals surface area contributed by atoms with Crippen LogP contribution in [-0.4, -0.2) is 70.6 Å². The van der Waals surface area contributed by atoms with E-state index in [1.54, 1.807) is 18.6 Å². The van der Waals surface area contributed by atoms with Gasteiger partial charge < -0.3 is 28.6 Å². The van der Waals surface area contributed by atoms with E-state index >= 15 is 0 Å². The smallest absolute Gasteiger partial charge is 0.510 e. The second kappa shape index (κ2) is 32.6. The first kappa shape index (κ1) is 72.4. The molecule has 1 aliphatic rings. The molecule has 0 aliphatic carbocycles. The molecular weight excluding hydrogens is 1790 g/mol. The van der Waals surface area contributed by atoms with Crippen molar-refractivity contribution in [2.75, 3.05) is 11.9 Å². The molecule has 100 heavy (non-hydrogen) atoms. The van der Waals surface area contributed by atoms with E-state index in [9.17, 15) is 0 Å². The molecule has 0 N–H and O–H groups in total. The summed E-state index contributed by atoms with van der Waals surface area (Å²) in [5.74, 6) is 4.45. The maximum Gasteiger partial charge on any atom is 2.00 e. The number of benzene rings is 7. The fourth-order valence-corrected chi connectivity index (χ4v) is 11.7. The van der Waals surface area contributed by atoms with Gasteiger partial charge in [0.05, 0.1) is 28.6 Å². The third-order valence-electron chi connectivity index (χ3n) is 16.1. The Morgan fingerprint density at radius 2 is 0.790 bits per heavy atom. The van der Waals surface area contributed by atoms with Crippen LogP contribution in [0.4, 0.5) is 5.69 Å². The molecule has 17 nitrogen and oxygen atoms in total. The molecule has 0 fully saturated rings. The van der Waals surface area contributed by atoms with Gasteiger partial charge in [-0.3, -0.25) is 33.7 Å². The minimum absolute atomic E-state index is 0. The van der Waals surface area contributed by atoms with Gasteiger partial charge in [-0.25, -0.2) is 0 Å². The van der Waals surface area contributed by atoms with E-state index in [1.807, 2.05) is 284 Å². The zero-order chi connectivity index (χ0) is 67.1. The number of imidazole rings is 1. The number of ether oxygens (including phenoxy) is 3. The van der Waals surface area contributed by atoms with Crippen LogP contribution in [0.3, 0.4) is 0 Å². The summed E-state index contributed by atoms with van der Waals surface area (Å²) in [6.07, 6.45) is 14.9. The van der Waals surface area contributed by atoms with Crippen LogP contribution in [0.15, 0.2) is 219 Å². The Balaban J connectivity index is 0.000000160. The van der Waals surface area contributed by atoms with E-state index in [0.717, 1.165) is 119 Å². The first-order valence-corrected chi connectivity index (χ1v) is 31.5. The summed E-state index contributed by atoms with van der Waals surface area (Å²) in [5, 5.41) is 18.8. The average molecular weight is 1860 g/mol. The monoisotopic (exact) mass is 1860 g/mol. The largest absolute Gasteiger partial charge is 2.00 e. The van der Waals surface area contributed by atoms with Crippen molar-refractivity contribution in [3.8, 4) is 102 Å². The maximum atomic E-state index is 6.11. The van der Waals surface area contributed by atoms with Crippen LogP contribution in [-0.2, 0) is 70.2 Å². The van der Waals surface area contributed by atoms with Crippen molar-refractivity contribution in [3.63, 3.8) is 0 Å². The summed E-state index contributed by atoms with van der Waals surface area (Å²) in [7, 11) is 3.94. The Hall–Kier alpha value is -10.3. The number of aryl methyl sites for hydroxylation is 6. The van der Waals surface area contributed by atoms with Crippen molar-refractivity contribution in [1.82, 2.24) is 63.5 Å². The predicted octanol–water partition coefficient (Wildman–Crippen LogP) is 17.0. The summed E-state index contributed by atoms with van der Waals surface area (Å²) in [5.41, 5.74) is 19.6. The Kier molecular flexibility index (Phi) is 23.6. The van der Waals surface area contributed by atoms with Gasteiger partial charge in [-0.2, -0.15) is 57.4 Å². The van der Waals surface area contributed by atoms with Crippen molar-refractivity contribution in [2.24, 2.45) is 7.05 Å². The maximum absolute atomic E-state index is 6.11. The molecule has 8 heterocycles. The van der Waals surface area contributed by atoms with Crippen molar-refractivity contribution in [2.45, 2.75) is 55.4 Å². The van der Waals surface area contributed by atoms with Crippen molar-refractivity contribution >= 4 is 5.69 Å². The van der Waals surface area contributed by atoms with Gasteiger partial charge in [-0.1, -0.05) is 48.5 Å². The molecule has 0 radical (unpaired) electrons. The summed E-state index contributed by atoms with van der Waals surface area (Å²) in [4.78, 5) is 16.9. The molecule has 0 amide bonds. The van der Waals surface area contributed by atoms with Crippen LogP contribution < -0.4 is 19.1 Å². The Labute approximate surface area is 626 Å². The molecule has 0 saturated carbocycles. The molecule has 20 heteroatoms. The minimum atomic E-state index is 0. The van der Waals surface area contributed by atoms with Gasteiger partial charge in [0.1, 0.15) is 0 Å². The molecule has 0 spiro atoms. The van der Waals surface area contributed by atoms with Crippen molar-refractivity contribution in [3.05, 3.63) is 308 Å². The molecule has 0 atom stereocenters. The normalized spacial score (nSPS) is 11.3. The summed E-state index contributed by atoms with van der Waals surface area (Å²) in [6, 6.07) is 75.0. The summed E-state index contributed by atoms with van der Waals surface area (Å²) < 4.78 is 27.8. The minimum Gasteiger partial charge on any atom is -0.510 e. The van der Waals surface area contributed by atoms with E-state index in [-0.39, 0.29) is 63.2 Å². The third-order valence-corrected chi connectivity index (χ3v) is 16.1. The van der Waals surface area contributed by atoms with Crippen LogP contribution in [0.1, 0.15) is 45.6 Å². The molecule has 14 aromatic rings. The second-order valence-corrected chi connectivity index (χ2v) is 23.1. The number of nitrogens with zero attached hydrogens (tertiary/aromatic N) is 14. The van der Waals surface area contributed by atoms with Gasteiger partial charge >= 0.3 is 42.1 Å². The standard InChI is InChI=1S/C27H23N5O.C27H23N4O.C26H21N5O.3Pt/c1-18-14-19(2)31(29-18)23-9-5-11-25(15-23)33-26-12-6-10-24(16-26)32-21(4)27(20(3)30-32)22-8-7-13-28-17-22;1-20-27(22-9-5-4-6-10-22)21(2)31(28-20)24-12-8-14-26(18-24)32-25-13-7-11-23(17-25)30-16-15-29(3)19-30;1-18-25(21-8-6-12-27-17-21)19(2)31(29-18)22-9-5-11-24(16-22)32-23-10-4-7-20(15-23)26-28-13-14-30(26)3;;;/h5-14,17H,1-4H3;4-16,19H,1-3H3;4-14,17H,1-3H3;;;/q-2;-3;-2;;2*+2. The van der Waals surface area contributed by atoms with E-state index in [4.69, 9.17) is 29.5 Å². The Bertz CT molecular complexity index is 5120. The molecule has 0 unspecified atom stereocenters. The van der Waals surface area contributed by atoms with Crippen LogP contribution in [0.2, 0.25) is 0 Å². The van der Waals surface area contributed by atoms with Gasteiger partial charge in [-0.05, 0) is 121 Å². The van der Waals surface area contributed by atoms with Crippen LogP contribution in [0, 0.1) is 98.5 Å². The first-order chi connectivity index (χ1) is 47.2. The molecule has 15 rings (SSSR count). The fourth-order valence-electron chi connectivity index (χ4n) is 11.7. The molecule has 7 aromatic heterocycles. The van der Waals surface area contributed by atoms with Crippen LogP contribution >= 0.6 is 0 Å². The van der Waals surface area contributed by atoms with Gasteiger partial charge in [0.2, 0.25) is 0 Å². The molecule has 508 valence electrons. The number of aromatic nitrogens is 12. The van der Waals surface area contributed by atoms with E-state index in [1.165, 1.54) is 0 Å². The van der Waals surface area contributed by atoms with Crippen molar-refractivity contribution in [1.29, 1.82) is 0 Å². The van der Waals surface area contributed by atoms with Gasteiger partial charge in [0.25, 0.3) is 0 Å². The number of rotatable bonds is 15. The van der Waals surface area contributed by atoms with Crippen LogP contribution in [0.25, 0.3) is 67.5 Å². The van der Waals surface area contributed by atoms with E-state index < -0.39 is 0 Å². The van der Waals surface area contributed by atoms with Gasteiger partial charge in [-0.15, -0.1) is 120 Å². The first-order valence-electron chi connectivity index (χ1n) is 31.5. The quantitative estimate of drug-likeness (QED) is 0.0899. The number of anilines is 1. The van der Waals surface area contributed by atoms with Crippen molar-refractivity contribution < 1.29 is 77.4 Å². The van der Waals surface area contributed by atoms with Crippen LogP contribution in [0.5, 0.6) is 34.5 Å². The van der Waals surface area contributed by atoms with Gasteiger partial charge in [0.15, 0.2) is 0 Å². The summed E-state index contributed by atoms with van der Waals surface area (Å²) >= 11 is 0. The molecular formula is C80H67N14O3Pt3-3. The molecule has 0 saturated heterocycles. The molecule has 1 aliphatic heterocycles. The zero-order valence-electron chi connectivity index (χ0n) is 56.3. The number of hydrogen-bond donors (Lipinski definition) is 0. The zero-order valence-corrected chi connectivity index (χ0v) is 63.1. The van der Waals surface area contributed by atoms with E-state index in [0.29, 0.717) is 34.5 Å². The Morgan fingerprint density at radius 1 is 0.390 bits per heavy atom. The average Bonchev–Trinajstić information content (AvgIpc) is 1.65. The van der Waals surface area contributed by atoms with E-state index in [2.05, 4.69) is 82.4 Å². The molecule has 0 bridgehead atoms. The Morgan fingerprint density at radius 3 is 1.18 bits per heavy atom. The SMILES string of the molecule is Cc1cc(C)n(-c2[c-]c(Oc3[c-]c(-n4nc(C)c(-c5cccnc5)c4C)ccc3)ccc2)n1.Cc1nn(-c2[c-]c(Oc3[c-]c(-c4nccn4C)ccc3)ccc2)c(C)c1-c1cccnc1.Cc1nn(-c2[c-]c(Oc3[c-]c(N4C=CN(C)[CH-]4)ccc3)ccc2)c(C)c1-c1ccccc1.[Pt+2].[Pt+2].[Pt]. The number of hydrogen-bond acceptors (Lipinski definition) is 12. The molecule has 7 aromatic carbocycles. The van der Waals surface area contributed by atoms with Gasteiger partial charge in [0, 0.05) is 150 Å². The fraction of sp³-hybridized carbons (Fsp3) is 0.125. The topological polar surface area (TPSA) is 149 Å².